The average Bonchev–Trinajstić information content (AvgIpc) is 2.40. The topological polar surface area (TPSA) is 105 Å². The van der Waals surface area contributed by atoms with Crippen LogP contribution in [-0.2, 0) is 14.3 Å². The van der Waals surface area contributed by atoms with Gasteiger partial charge in [0.1, 0.15) is 0 Å². The second kappa shape index (κ2) is 6.73. The van der Waals surface area contributed by atoms with Gasteiger partial charge >= 0.3 is 5.97 Å². The van der Waals surface area contributed by atoms with Crippen LogP contribution in [0.25, 0.3) is 0 Å². The number of esters is 1. The Labute approximate surface area is 115 Å². The summed E-state index contributed by atoms with van der Waals surface area (Å²) in [6.45, 7) is 1.74. The van der Waals surface area contributed by atoms with Gasteiger partial charge in [0.15, 0.2) is 6.04 Å². The van der Waals surface area contributed by atoms with E-state index in [1.165, 1.54) is 18.2 Å². The Morgan fingerprint density at radius 2 is 2.26 bits per heavy atom. The zero-order valence-corrected chi connectivity index (χ0v) is 10.9. The second-order valence-electron chi connectivity index (χ2n) is 3.53. The molecule has 100 valence electrons. The molecule has 0 bridgehead atoms. The summed E-state index contributed by atoms with van der Waals surface area (Å²) in [5.74, 6) is -1.58. The number of halogens is 1. The Morgan fingerprint density at radius 1 is 1.58 bits per heavy atom. The molecule has 7 heteroatoms. The van der Waals surface area contributed by atoms with Gasteiger partial charge in [0.2, 0.25) is 0 Å². The number of amides is 1. The van der Waals surface area contributed by atoms with Gasteiger partial charge in [0.25, 0.3) is 5.91 Å². The van der Waals surface area contributed by atoms with Crippen molar-refractivity contribution >= 4 is 29.2 Å². The van der Waals surface area contributed by atoms with Crippen molar-refractivity contribution in [1.82, 2.24) is 0 Å². The van der Waals surface area contributed by atoms with E-state index in [4.69, 9.17) is 22.6 Å². The predicted molar refractivity (Wildman–Crippen MR) is 69.4 cm³/mol. The minimum atomic E-state index is -1.44. The molecular formula is C12H12ClN3O3. The van der Waals surface area contributed by atoms with Crippen LogP contribution in [0.4, 0.5) is 5.69 Å². The number of ether oxygens (including phenoxy) is 1. The van der Waals surface area contributed by atoms with Crippen LogP contribution in [0.3, 0.4) is 0 Å². The van der Waals surface area contributed by atoms with Crippen LogP contribution in [0.1, 0.15) is 12.5 Å². The number of hydrogen-bond acceptors (Lipinski definition) is 5. The molecule has 0 heterocycles. The van der Waals surface area contributed by atoms with Crippen LogP contribution in [0.2, 0.25) is 5.02 Å². The summed E-state index contributed by atoms with van der Waals surface area (Å²) >= 11 is 5.86. The lowest BCUT2D eigenvalue weighted by Crippen LogP contribution is -2.43. The maximum Gasteiger partial charge on any atom is 0.332 e. The molecule has 0 saturated carbocycles. The van der Waals surface area contributed by atoms with Gasteiger partial charge in [-0.15, -0.1) is 0 Å². The van der Waals surface area contributed by atoms with E-state index in [1.807, 2.05) is 6.07 Å². The summed E-state index contributed by atoms with van der Waals surface area (Å²) in [6, 6.07) is 4.82. The lowest BCUT2D eigenvalue weighted by molar-refractivity contribution is -0.146. The molecule has 0 aliphatic carbocycles. The molecule has 0 aliphatic heterocycles. The Kier molecular flexibility index (Phi) is 5.30. The first-order valence-corrected chi connectivity index (χ1v) is 5.80. The van der Waals surface area contributed by atoms with Crippen molar-refractivity contribution in [2.45, 2.75) is 13.0 Å². The molecule has 0 aromatic heterocycles. The number of nitriles is 1. The van der Waals surface area contributed by atoms with E-state index in [2.05, 4.69) is 10.1 Å². The summed E-state index contributed by atoms with van der Waals surface area (Å²) in [5.41, 5.74) is 5.96. The van der Waals surface area contributed by atoms with Crippen molar-refractivity contribution in [3.05, 3.63) is 28.8 Å². The fourth-order valence-electron chi connectivity index (χ4n) is 1.24. The monoisotopic (exact) mass is 281 g/mol. The fourth-order valence-corrected chi connectivity index (χ4v) is 1.40. The lowest BCUT2D eigenvalue weighted by Gasteiger charge is -2.12. The lowest BCUT2D eigenvalue weighted by atomic mass is 10.2. The number of nitrogens with two attached hydrogens (primary N) is 1. The largest absolute Gasteiger partial charge is 0.464 e. The molecule has 1 aromatic rings. The van der Waals surface area contributed by atoms with Crippen molar-refractivity contribution < 1.29 is 14.3 Å². The second-order valence-corrected chi connectivity index (χ2v) is 3.93. The van der Waals surface area contributed by atoms with Gasteiger partial charge in [-0.2, -0.15) is 5.26 Å². The van der Waals surface area contributed by atoms with E-state index < -0.39 is 17.9 Å². The molecule has 0 fully saturated rings. The van der Waals surface area contributed by atoms with E-state index in [0.29, 0.717) is 5.56 Å². The summed E-state index contributed by atoms with van der Waals surface area (Å²) in [6.07, 6.45) is 0. The van der Waals surface area contributed by atoms with Gasteiger partial charge in [0.05, 0.1) is 28.9 Å². The third-order valence-electron chi connectivity index (χ3n) is 2.18. The zero-order valence-electron chi connectivity index (χ0n) is 10.1. The zero-order chi connectivity index (χ0) is 14.4. The Morgan fingerprint density at radius 3 is 2.84 bits per heavy atom. The first-order chi connectivity index (χ1) is 8.99. The van der Waals surface area contributed by atoms with Crippen LogP contribution in [0.5, 0.6) is 0 Å². The highest BCUT2D eigenvalue weighted by molar-refractivity contribution is 6.34. The van der Waals surface area contributed by atoms with Crippen LogP contribution in [0.15, 0.2) is 18.2 Å². The van der Waals surface area contributed by atoms with E-state index >= 15 is 0 Å². The summed E-state index contributed by atoms with van der Waals surface area (Å²) in [7, 11) is 0. The molecule has 3 N–H and O–H groups in total. The van der Waals surface area contributed by atoms with Crippen molar-refractivity contribution in [3.8, 4) is 6.07 Å². The van der Waals surface area contributed by atoms with E-state index in [9.17, 15) is 9.59 Å². The molecule has 0 spiro atoms. The van der Waals surface area contributed by atoms with Crippen molar-refractivity contribution in [2.24, 2.45) is 5.73 Å². The number of nitrogens with one attached hydrogen (secondary N) is 1. The van der Waals surface area contributed by atoms with E-state index in [-0.39, 0.29) is 17.3 Å². The molecule has 1 atom stereocenters. The number of hydrogen-bond donors (Lipinski definition) is 2. The van der Waals surface area contributed by atoms with Crippen LogP contribution >= 0.6 is 11.6 Å². The Balaban J connectivity index is 2.82. The van der Waals surface area contributed by atoms with E-state index in [0.717, 1.165) is 0 Å². The normalized spacial score (nSPS) is 11.3. The van der Waals surface area contributed by atoms with Crippen molar-refractivity contribution in [1.29, 1.82) is 5.26 Å². The van der Waals surface area contributed by atoms with Crippen molar-refractivity contribution in [3.63, 3.8) is 0 Å². The highest BCUT2D eigenvalue weighted by atomic mass is 35.5. The van der Waals surface area contributed by atoms with Gasteiger partial charge in [-0.25, -0.2) is 4.79 Å². The molecule has 1 aromatic carbocycles. The van der Waals surface area contributed by atoms with Gasteiger partial charge < -0.3 is 15.8 Å². The smallest absolute Gasteiger partial charge is 0.332 e. The van der Waals surface area contributed by atoms with E-state index in [1.54, 1.807) is 6.92 Å². The van der Waals surface area contributed by atoms with Gasteiger partial charge in [-0.3, -0.25) is 4.79 Å². The van der Waals surface area contributed by atoms with Crippen LogP contribution in [0, 0.1) is 11.3 Å². The number of carbonyl (C=O) groups is 2. The number of anilines is 1. The number of benzene rings is 1. The fraction of sp³-hybridized carbons (Fsp3) is 0.250. The minimum Gasteiger partial charge on any atom is -0.464 e. The summed E-state index contributed by atoms with van der Waals surface area (Å²) in [5, 5.41) is 11.4. The molecule has 1 rings (SSSR count). The molecule has 0 saturated heterocycles. The molecular weight excluding hydrogens is 270 g/mol. The minimum absolute atomic E-state index is 0.129. The van der Waals surface area contributed by atoms with Gasteiger partial charge in [0, 0.05) is 0 Å². The van der Waals surface area contributed by atoms with Crippen LogP contribution in [-0.4, -0.2) is 24.5 Å². The summed E-state index contributed by atoms with van der Waals surface area (Å²) < 4.78 is 4.63. The maximum absolute atomic E-state index is 11.7. The predicted octanol–water partition coefficient (Wildman–Crippen LogP) is 1.04. The molecule has 0 aliphatic rings. The van der Waals surface area contributed by atoms with Crippen molar-refractivity contribution in [2.75, 3.05) is 11.9 Å². The molecule has 19 heavy (non-hydrogen) atoms. The number of nitrogens with zero attached hydrogens (tertiary/aromatic N) is 1. The first-order valence-electron chi connectivity index (χ1n) is 5.42. The SMILES string of the molecule is CCOC(=O)C(N)C(=O)Nc1cc(C#N)ccc1Cl. The molecule has 1 unspecified atom stereocenters. The Hall–Kier alpha value is -2.10. The first kappa shape index (κ1) is 15.0. The third kappa shape index (κ3) is 3.95. The number of carbonyl (C=O) groups excluding carboxylic acids is 2. The van der Waals surface area contributed by atoms with Gasteiger partial charge in [-0.1, -0.05) is 11.6 Å². The quantitative estimate of drug-likeness (QED) is 0.634. The third-order valence-corrected chi connectivity index (χ3v) is 2.51. The molecule has 1 amide bonds. The summed E-state index contributed by atoms with van der Waals surface area (Å²) in [4.78, 5) is 23.0. The molecule has 6 nitrogen and oxygen atoms in total. The highest BCUT2D eigenvalue weighted by Gasteiger charge is 2.24. The van der Waals surface area contributed by atoms with Gasteiger partial charge in [-0.05, 0) is 25.1 Å². The Bertz CT molecular complexity index is 540. The molecule has 0 radical (unpaired) electrons. The average molecular weight is 282 g/mol. The number of rotatable bonds is 4. The highest BCUT2D eigenvalue weighted by Crippen LogP contribution is 2.22. The standard InChI is InChI=1S/C12H12ClN3O3/c1-2-19-12(18)10(15)11(17)16-9-5-7(6-14)3-4-8(9)13/h3-5,10H,2,15H2,1H3,(H,16,17). The van der Waals surface area contributed by atoms with Crippen LogP contribution < -0.4 is 11.1 Å². The maximum atomic E-state index is 11.7.